The number of rotatable bonds is 3. The number of halogens is 2. The predicted octanol–water partition coefficient (Wildman–Crippen LogP) is 2.85. The zero-order valence-corrected chi connectivity index (χ0v) is 11.4. The Morgan fingerprint density at radius 3 is 2.70 bits per heavy atom. The van der Waals surface area contributed by atoms with Gasteiger partial charge in [-0.05, 0) is 23.8 Å². The molecule has 1 heterocycles. The summed E-state index contributed by atoms with van der Waals surface area (Å²) in [6, 6.07) is 7.52. The fourth-order valence-electron chi connectivity index (χ4n) is 1.73. The van der Waals surface area contributed by atoms with Gasteiger partial charge in [-0.1, -0.05) is 23.7 Å². The Hall–Kier alpha value is -2.14. The van der Waals surface area contributed by atoms with Crippen molar-refractivity contribution >= 4 is 17.5 Å². The van der Waals surface area contributed by atoms with Crippen molar-refractivity contribution in [1.82, 2.24) is 9.88 Å². The monoisotopic (exact) mass is 294 g/mol. The lowest BCUT2D eigenvalue weighted by molar-refractivity contribution is 0.0784. The molecule has 1 aromatic heterocycles. The van der Waals surface area contributed by atoms with Crippen LogP contribution < -0.4 is 0 Å². The highest BCUT2D eigenvalue weighted by molar-refractivity contribution is 6.32. The number of carbonyl (C=O) groups excluding carboxylic acids is 1. The molecule has 0 spiro atoms. The second kappa shape index (κ2) is 5.88. The van der Waals surface area contributed by atoms with Gasteiger partial charge in [0.15, 0.2) is 0 Å². The molecule has 20 heavy (non-hydrogen) atoms. The maximum absolute atomic E-state index is 13.1. The SMILES string of the molecule is CN(Cc1ccc(O)cc1)C(=O)c1cc(F)cnc1Cl. The van der Waals surface area contributed by atoms with E-state index in [4.69, 9.17) is 11.6 Å². The molecule has 6 heteroatoms. The number of hydrogen-bond acceptors (Lipinski definition) is 3. The first-order chi connectivity index (χ1) is 9.47. The standard InChI is InChI=1S/C14H12ClFN2O2/c1-18(8-9-2-4-11(19)5-3-9)14(20)12-6-10(16)7-17-13(12)15/h2-7,19H,8H2,1H3. The molecule has 0 unspecified atom stereocenters. The Bertz CT molecular complexity index is 632. The zero-order valence-electron chi connectivity index (χ0n) is 10.7. The van der Waals surface area contributed by atoms with Gasteiger partial charge in [-0.2, -0.15) is 0 Å². The summed E-state index contributed by atoms with van der Waals surface area (Å²) in [5, 5.41) is 9.16. The summed E-state index contributed by atoms with van der Waals surface area (Å²) in [4.78, 5) is 17.2. The van der Waals surface area contributed by atoms with Gasteiger partial charge in [0.05, 0.1) is 11.8 Å². The maximum atomic E-state index is 13.1. The minimum Gasteiger partial charge on any atom is -0.508 e. The van der Waals surface area contributed by atoms with Gasteiger partial charge < -0.3 is 10.0 Å². The van der Waals surface area contributed by atoms with Crippen LogP contribution in [0.4, 0.5) is 4.39 Å². The number of nitrogens with zero attached hydrogens (tertiary/aromatic N) is 2. The molecule has 2 rings (SSSR count). The van der Waals surface area contributed by atoms with E-state index in [-0.39, 0.29) is 16.5 Å². The van der Waals surface area contributed by atoms with Crippen molar-refractivity contribution in [2.24, 2.45) is 0 Å². The van der Waals surface area contributed by atoms with Crippen LogP contribution in [0.25, 0.3) is 0 Å². The van der Waals surface area contributed by atoms with Crippen molar-refractivity contribution in [1.29, 1.82) is 0 Å². The zero-order chi connectivity index (χ0) is 14.7. The van der Waals surface area contributed by atoms with Crippen molar-refractivity contribution in [3.8, 4) is 5.75 Å². The van der Waals surface area contributed by atoms with E-state index in [0.29, 0.717) is 6.54 Å². The molecular weight excluding hydrogens is 283 g/mol. The summed E-state index contributed by atoms with van der Waals surface area (Å²) in [6.45, 7) is 0.311. The van der Waals surface area contributed by atoms with Gasteiger partial charge in [0.1, 0.15) is 16.7 Å². The van der Waals surface area contributed by atoms with Crippen molar-refractivity contribution in [3.05, 3.63) is 58.6 Å². The number of hydrogen-bond donors (Lipinski definition) is 1. The minimum absolute atomic E-state index is 0.0212. The van der Waals surface area contributed by atoms with E-state index in [2.05, 4.69) is 4.98 Å². The molecule has 0 saturated carbocycles. The van der Waals surface area contributed by atoms with E-state index in [1.54, 1.807) is 19.2 Å². The summed E-state index contributed by atoms with van der Waals surface area (Å²) in [7, 11) is 1.58. The van der Waals surface area contributed by atoms with Gasteiger partial charge in [-0.25, -0.2) is 9.37 Å². The second-order valence-electron chi connectivity index (χ2n) is 4.32. The van der Waals surface area contributed by atoms with Gasteiger partial charge in [-0.3, -0.25) is 4.79 Å². The topological polar surface area (TPSA) is 53.4 Å². The first-order valence-electron chi connectivity index (χ1n) is 5.82. The number of phenolic OH excluding ortho intramolecular Hbond substituents is 1. The van der Waals surface area contributed by atoms with E-state index >= 15 is 0 Å². The Labute approximate surface area is 120 Å². The summed E-state index contributed by atoms with van der Waals surface area (Å²) in [5.74, 6) is -0.883. The number of amides is 1. The Balaban J connectivity index is 2.16. The summed E-state index contributed by atoms with van der Waals surface area (Å²) in [5.41, 5.74) is 0.854. The first-order valence-corrected chi connectivity index (χ1v) is 6.19. The van der Waals surface area contributed by atoms with Gasteiger partial charge >= 0.3 is 0 Å². The first kappa shape index (κ1) is 14.3. The van der Waals surface area contributed by atoms with Gasteiger partial charge in [0, 0.05) is 13.6 Å². The Kier molecular flexibility index (Phi) is 4.20. The molecule has 0 atom stereocenters. The molecule has 0 radical (unpaired) electrons. The second-order valence-corrected chi connectivity index (χ2v) is 4.68. The summed E-state index contributed by atoms with van der Waals surface area (Å²) < 4.78 is 13.1. The van der Waals surface area contributed by atoms with Crippen LogP contribution in [-0.4, -0.2) is 27.9 Å². The molecule has 1 amide bonds. The molecule has 4 nitrogen and oxygen atoms in total. The van der Waals surface area contributed by atoms with Crippen LogP contribution in [0.1, 0.15) is 15.9 Å². The highest BCUT2D eigenvalue weighted by Crippen LogP contribution is 2.17. The molecule has 0 bridgehead atoms. The molecule has 0 aliphatic carbocycles. The average Bonchev–Trinajstić information content (AvgIpc) is 2.43. The Morgan fingerprint density at radius 2 is 2.05 bits per heavy atom. The minimum atomic E-state index is -0.615. The van der Waals surface area contributed by atoms with Gasteiger partial charge in [0.25, 0.3) is 5.91 Å². The highest BCUT2D eigenvalue weighted by Gasteiger charge is 2.17. The largest absolute Gasteiger partial charge is 0.508 e. The third-order valence-electron chi connectivity index (χ3n) is 2.74. The lowest BCUT2D eigenvalue weighted by atomic mass is 10.2. The normalized spacial score (nSPS) is 10.3. The van der Waals surface area contributed by atoms with Crippen molar-refractivity contribution < 1.29 is 14.3 Å². The number of aromatic hydroxyl groups is 1. The lowest BCUT2D eigenvalue weighted by Gasteiger charge is -2.17. The smallest absolute Gasteiger partial charge is 0.257 e. The van der Waals surface area contributed by atoms with E-state index < -0.39 is 11.7 Å². The van der Waals surface area contributed by atoms with E-state index in [1.807, 2.05) is 0 Å². The number of carbonyl (C=O) groups is 1. The molecule has 1 aromatic carbocycles. The number of aromatic nitrogens is 1. The molecule has 104 valence electrons. The van der Waals surface area contributed by atoms with Crippen LogP contribution in [-0.2, 0) is 6.54 Å². The third-order valence-corrected chi connectivity index (χ3v) is 3.04. The molecule has 0 aliphatic rings. The van der Waals surface area contributed by atoms with Crippen LogP contribution in [0.15, 0.2) is 36.5 Å². The Morgan fingerprint density at radius 1 is 1.40 bits per heavy atom. The van der Waals surface area contributed by atoms with Crippen molar-refractivity contribution in [2.45, 2.75) is 6.54 Å². The molecule has 0 aliphatic heterocycles. The van der Waals surface area contributed by atoms with Crippen molar-refractivity contribution in [2.75, 3.05) is 7.05 Å². The quantitative estimate of drug-likeness (QED) is 0.886. The summed E-state index contributed by atoms with van der Waals surface area (Å²) >= 11 is 5.80. The fourth-order valence-corrected chi connectivity index (χ4v) is 1.91. The molecule has 1 N–H and O–H groups in total. The van der Waals surface area contributed by atoms with Crippen LogP contribution in [0, 0.1) is 5.82 Å². The number of benzene rings is 1. The van der Waals surface area contributed by atoms with Crippen molar-refractivity contribution in [3.63, 3.8) is 0 Å². The highest BCUT2D eigenvalue weighted by atomic mass is 35.5. The summed E-state index contributed by atoms with van der Waals surface area (Å²) in [6.07, 6.45) is 0.957. The van der Waals surface area contributed by atoms with Crippen LogP contribution in [0.2, 0.25) is 5.15 Å². The number of phenols is 1. The number of pyridine rings is 1. The van der Waals surface area contributed by atoms with Crippen LogP contribution >= 0.6 is 11.6 Å². The van der Waals surface area contributed by atoms with E-state index in [9.17, 15) is 14.3 Å². The molecule has 0 saturated heterocycles. The van der Waals surface area contributed by atoms with Crippen LogP contribution in [0.3, 0.4) is 0 Å². The third kappa shape index (κ3) is 3.24. The average molecular weight is 295 g/mol. The molecule has 2 aromatic rings. The molecular formula is C14H12ClFN2O2. The van der Waals surface area contributed by atoms with E-state index in [1.165, 1.54) is 17.0 Å². The predicted molar refractivity (Wildman–Crippen MR) is 73.1 cm³/mol. The molecule has 0 fully saturated rings. The van der Waals surface area contributed by atoms with Crippen LogP contribution in [0.5, 0.6) is 5.75 Å². The van der Waals surface area contributed by atoms with Gasteiger partial charge in [-0.15, -0.1) is 0 Å². The van der Waals surface area contributed by atoms with Gasteiger partial charge in [0.2, 0.25) is 0 Å². The lowest BCUT2D eigenvalue weighted by Crippen LogP contribution is -2.26. The fraction of sp³-hybridized carbons (Fsp3) is 0.143. The maximum Gasteiger partial charge on any atom is 0.257 e. The van der Waals surface area contributed by atoms with E-state index in [0.717, 1.165) is 17.8 Å².